The molecule has 0 radical (unpaired) electrons. The fourth-order valence-electron chi connectivity index (χ4n) is 1.65. The maximum atomic E-state index is 12.9. The van der Waals surface area contributed by atoms with Gasteiger partial charge in [0, 0.05) is 5.56 Å². The number of ether oxygens (including phenoxy) is 1. The van der Waals surface area contributed by atoms with E-state index in [1.807, 2.05) is 0 Å². The van der Waals surface area contributed by atoms with E-state index < -0.39 is 17.7 Å². The predicted octanol–water partition coefficient (Wildman–Crippen LogP) is 0.904. The van der Waals surface area contributed by atoms with Gasteiger partial charge in [0.15, 0.2) is 5.69 Å². The lowest BCUT2D eigenvalue weighted by atomic mass is 10.1. The molecular weight excluding hydrogens is 279 g/mol. The molecule has 0 atom stereocenters. The van der Waals surface area contributed by atoms with Gasteiger partial charge in [0.1, 0.15) is 18.1 Å². The summed E-state index contributed by atoms with van der Waals surface area (Å²) in [6.45, 7) is 1.64. The summed E-state index contributed by atoms with van der Waals surface area (Å²) in [6, 6.07) is 5.47. The van der Waals surface area contributed by atoms with E-state index in [2.05, 4.69) is 20.7 Å². The van der Waals surface area contributed by atoms with Crippen molar-refractivity contribution in [3.05, 3.63) is 35.8 Å². The van der Waals surface area contributed by atoms with Crippen LogP contribution in [0.3, 0.4) is 0 Å². The number of aromatic amines is 1. The lowest BCUT2D eigenvalue weighted by Gasteiger charge is -2.04. The van der Waals surface area contributed by atoms with E-state index in [4.69, 9.17) is 4.74 Å². The minimum atomic E-state index is -0.573. The Hall–Kier alpha value is -2.77. The highest BCUT2D eigenvalue weighted by atomic mass is 19.1. The summed E-state index contributed by atoms with van der Waals surface area (Å²) < 4.78 is 17.6. The summed E-state index contributed by atoms with van der Waals surface area (Å²) in [4.78, 5) is 23.1. The van der Waals surface area contributed by atoms with Gasteiger partial charge in [-0.15, -0.1) is 0 Å². The molecule has 21 heavy (non-hydrogen) atoms. The zero-order valence-corrected chi connectivity index (χ0v) is 11.2. The average molecular weight is 292 g/mol. The van der Waals surface area contributed by atoms with Gasteiger partial charge in [0.25, 0.3) is 5.91 Å². The Labute approximate surface area is 119 Å². The Kier molecular flexibility index (Phi) is 4.60. The molecule has 0 unspecified atom stereocenters. The fourth-order valence-corrected chi connectivity index (χ4v) is 1.65. The molecule has 1 heterocycles. The van der Waals surface area contributed by atoms with Crippen molar-refractivity contribution in [1.82, 2.24) is 20.7 Å². The molecule has 0 spiro atoms. The van der Waals surface area contributed by atoms with Gasteiger partial charge in [0.2, 0.25) is 0 Å². The van der Waals surface area contributed by atoms with Gasteiger partial charge < -0.3 is 10.1 Å². The van der Waals surface area contributed by atoms with Gasteiger partial charge in [-0.05, 0) is 31.2 Å². The summed E-state index contributed by atoms with van der Waals surface area (Å²) in [5, 5.41) is 12.3. The Morgan fingerprint density at radius 1 is 1.29 bits per heavy atom. The topological polar surface area (TPSA) is 97.0 Å². The molecule has 1 aromatic heterocycles. The van der Waals surface area contributed by atoms with Gasteiger partial charge in [-0.1, -0.05) is 0 Å². The maximum Gasteiger partial charge on any atom is 0.325 e. The molecule has 110 valence electrons. The normalized spacial score (nSPS) is 10.2. The van der Waals surface area contributed by atoms with Crippen LogP contribution in [0.2, 0.25) is 0 Å². The van der Waals surface area contributed by atoms with Crippen LogP contribution in [-0.4, -0.2) is 40.4 Å². The third-order valence-electron chi connectivity index (χ3n) is 2.58. The first-order valence-electron chi connectivity index (χ1n) is 6.22. The van der Waals surface area contributed by atoms with Crippen LogP contribution in [0, 0.1) is 5.82 Å². The number of nitrogens with zero attached hydrogens (tertiary/aromatic N) is 2. The number of hydrogen-bond acceptors (Lipinski definition) is 5. The summed E-state index contributed by atoms with van der Waals surface area (Å²) in [5.74, 6) is -1.51. The Bertz CT molecular complexity index is 639. The quantitative estimate of drug-likeness (QED) is 0.798. The van der Waals surface area contributed by atoms with Gasteiger partial charge >= 0.3 is 5.97 Å². The van der Waals surface area contributed by atoms with E-state index in [-0.39, 0.29) is 24.5 Å². The highest BCUT2D eigenvalue weighted by Gasteiger charge is 2.18. The first-order chi connectivity index (χ1) is 10.1. The van der Waals surface area contributed by atoms with E-state index in [0.29, 0.717) is 5.56 Å². The number of carbonyl (C=O) groups is 2. The van der Waals surface area contributed by atoms with Gasteiger partial charge in [-0.3, -0.25) is 9.59 Å². The van der Waals surface area contributed by atoms with Crippen molar-refractivity contribution in [3.8, 4) is 11.3 Å². The molecule has 0 aliphatic rings. The lowest BCUT2D eigenvalue weighted by molar-refractivity contribution is -0.141. The second-order valence-corrected chi connectivity index (χ2v) is 4.02. The third-order valence-corrected chi connectivity index (χ3v) is 2.58. The number of hydrogen-bond donors (Lipinski definition) is 2. The van der Waals surface area contributed by atoms with Crippen LogP contribution in [0.4, 0.5) is 4.39 Å². The second kappa shape index (κ2) is 6.60. The number of amides is 1. The zero-order valence-electron chi connectivity index (χ0n) is 11.2. The number of rotatable bonds is 5. The molecule has 0 aliphatic heterocycles. The van der Waals surface area contributed by atoms with Gasteiger partial charge in [-0.25, -0.2) is 4.39 Å². The zero-order chi connectivity index (χ0) is 15.2. The molecule has 0 saturated carbocycles. The van der Waals surface area contributed by atoms with Crippen LogP contribution in [0.15, 0.2) is 24.3 Å². The summed E-state index contributed by atoms with van der Waals surface area (Å²) in [5.41, 5.74) is 0.828. The summed E-state index contributed by atoms with van der Waals surface area (Å²) in [7, 11) is 0. The van der Waals surface area contributed by atoms with E-state index in [9.17, 15) is 14.0 Å². The van der Waals surface area contributed by atoms with Crippen molar-refractivity contribution in [2.45, 2.75) is 6.92 Å². The number of nitrogens with one attached hydrogen (secondary N) is 2. The highest BCUT2D eigenvalue weighted by molar-refractivity contribution is 5.99. The average Bonchev–Trinajstić information content (AvgIpc) is 2.95. The predicted molar refractivity (Wildman–Crippen MR) is 70.7 cm³/mol. The Balaban J connectivity index is 2.11. The van der Waals surface area contributed by atoms with Crippen LogP contribution in [0.1, 0.15) is 17.4 Å². The smallest absolute Gasteiger partial charge is 0.325 e. The minimum absolute atomic E-state index is 0.0194. The largest absolute Gasteiger partial charge is 0.465 e. The number of esters is 1. The highest BCUT2D eigenvalue weighted by Crippen LogP contribution is 2.19. The molecule has 7 nitrogen and oxygen atoms in total. The maximum absolute atomic E-state index is 12.9. The van der Waals surface area contributed by atoms with Crippen LogP contribution in [0.25, 0.3) is 11.3 Å². The van der Waals surface area contributed by atoms with Crippen molar-refractivity contribution in [3.63, 3.8) is 0 Å². The minimum Gasteiger partial charge on any atom is -0.465 e. The standard InChI is InChI=1S/C13H13FN4O3/c1-2-21-10(19)7-15-13(20)12-11(16-18-17-12)8-3-5-9(14)6-4-8/h3-6H,2,7H2,1H3,(H,15,20)(H,16,17,18). The molecule has 2 rings (SSSR count). The molecule has 2 N–H and O–H groups in total. The van der Waals surface area contributed by atoms with Gasteiger partial charge in [0.05, 0.1) is 6.61 Å². The van der Waals surface area contributed by atoms with E-state index in [1.54, 1.807) is 6.92 Å². The van der Waals surface area contributed by atoms with Crippen LogP contribution in [0.5, 0.6) is 0 Å². The van der Waals surface area contributed by atoms with E-state index in [0.717, 1.165) is 0 Å². The number of H-pyrrole nitrogens is 1. The van der Waals surface area contributed by atoms with Crippen LogP contribution < -0.4 is 5.32 Å². The number of carbonyl (C=O) groups excluding carboxylic acids is 2. The Morgan fingerprint density at radius 3 is 2.67 bits per heavy atom. The van der Waals surface area contributed by atoms with Gasteiger partial charge in [-0.2, -0.15) is 15.4 Å². The first kappa shape index (κ1) is 14.6. The summed E-state index contributed by atoms with van der Waals surface area (Å²) in [6.07, 6.45) is 0. The lowest BCUT2D eigenvalue weighted by Crippen LogP contribution is -2.31. The molecule has 1 aromatic carbocycles. The van der Waals surface area contributed by atoms with E-state index >= 15 is 0 Å². The number of benzene rings is 1. The molecule has 1 amide bonds. The number of halogens is 1. The number of aromatic nitrogens is 3. The molecule has 0 saturated heterocycles. The third kappa shape index (κ3) is 3.62. The molecular formula is C13H13FN4O3. The van der Waals surface area contributed by atoms with Crippen LogP contribution >= 0.6 is 0 Å². The molecule has 0 fully saturated rings. The van der Waals surface area contributed by atoms with Crippen molar-refractivity contribution in [2.75, 3.05) is 13.2 Å². The van der Waals surface area contributed by atoms with E-state index in [1.165, 1.54) is 24.3 Å². The van der Waals surface area contributed by atoms with Crippen LogP contribution in [-0.2, 0) is 9.53 Å². The van der Waals surface area contributed by atoms with Crippen molar-refractivity contribution < 1.29 is 18.7 Å². The first-order valence-corrected chi connectivity index (χ1v) is 6.22. The molecule has 0 bridgehead atoms. The molecule has 8 heteroatoms. The van der Waals surface area contributed by atoms with Crippen molar-refractivity contribution in [2.24, 2.45) is 0 Å². The molecule has 2 aromatic rings. The monoisotopic (exact) mass is 292 g/mol. The fraction of sp³-hybridized carbons (Fsp3) is 0.231. The Morgan fingerprint density at radius 2 is 2.00 bits per heavy atom. The second-order valence-electron chi connectivity index (χ2n) is 4.02. The van der Waals surface area contributed by atoms with Crippen molar-refractivity contribution in [1.29, 1.82) is 0 Å². The SMILES string of the molecule is CCOC(=O)CNC(=O)c1n[nH]nc1-c1ccc(F)cc1. The summed E-state index contributed by atoms with van der Waals surface area (Å²) >= 11 is 0. The molecule has 0 aliphatic carbocycles. The van der Waals surface area contributed by atoms with Crippen molar-refractivity contribution >= 4 is 11.9 Å².